The summed E-state index contributed by atoms with van der Waals surface area (Å²) >= 11 is 0. The van der Waals surface area contributed by atoms with Crippen molar-refractivity contribution in [3.05, 3.63) is 47.7 Å². The third-order valence-corrected chi connectivity index (χ3v) is 4.69. The maximum atomic E-state index is 11.0. The Hall–Kier alpha value is -2.54. The quantitative estimate of drug-likeness (QED) is 0.772. The zero-order valence-electron chi connectivity index (χ0n) is 13.8. The molecule has 7 heteroatoms. The van der Waals surface area contributed by atoms with Crippen molar-refractivity contribution in [3.63, 3.8) is 0 Å². The molecule has 1 aliphatic heterocycles. The predicted octanol–water partition coefficient (Wildman–Crippen LogP) is 1.62. The first-order chi connectivity index (χ1) is 11.5. The summed E-state index contributed by atoms with van der Waals surface area (Å²) in [6, 6.07) is 5.95. The molecule has 0 bridgehead atoms. The Bertz CT molecular complexity index is 864. The Kier molecular flexibility index (Phi) is 3.45. The van der Waals surface area contributed by atoms with E-state index in [4.69, 9.17) is 0 Å². The molecule has 0 unspecified atom stereocenters. The van der Waals surface area contributed by atoms with E-state index in [-0.39, 0.29) is 0 Å². The molecule has 1 N–H and O–H groups in total. The molecular formula is C17H20N6O. The molecule has 0 atom stereocenters. The van der Waals surface area contributed by atoms with Crippen LogP contribution >= 0.6 is 0 Å². The SMILES string of the molecule is Cc1ccc(C2(O)CCN(c3cc(C)nn4cnnc34)CC2)nc1. The zero-order valence-corrected chi connectivity index (χ0v) is 13.8. The number of piperidine rings is 1. The molecule has 7 nitrogen and oxygen atoms in total. The standard InChI is InChI=1S/C17H20N6O/c1-12-3-4-15(18-10-12)17(24)5-7-22(8-6-17)14-9-13(2)21-23-11-19-20-16(14)23/h3-4,9-11,24H,5-8H2,1-2H3. The van der Waals surface area contributed by atoms with Crippen molar-refractivity contribution in [3.8, 4) is 0 Å². The van der Waals surface area contributed by atoms with Gasteiger partial charge in [-0.05, 0) is 44.4 Å². The van der Waals surface area contributed by atoms with Crippen LogP contribution in [0, 0.1) is 13.8 Å². The molecule has 4 rings (SSSR count). The lowest BCUT2D eigenvalue weighted by Crippen LogP contribution is -2.43. The Labute approximate surface area is 140 Å². The van der Waals surface area contributed by atoms with Gasteiger partial charge in [-0.2, -0.15) is 9.61 Å². The van der Waals surface area contributed by atoms with Gasteiger partial charge in [0.1, 0.15) is 11.9 Å². The fourth-order valence-corrected chi connectivity index (χ4v) is 3.28. The highest BCUT2D eigenvalue weighted by Gasteiger charge is 2.35. The summed E-state index contributed by atoms with van der Waals surface area (Å²) in [5, 5.41) is 23.5. The van der Waals surface area contributed by atoms with Crippen LogP contribution < -0.4 is 4.90 Å². The minimum atomic E-state index is -0.865. The molecule has 1 fully saturated rings. The van der Waals surface area contributed by atoms with E-state index in [1.165, 1.54) is 0 Å². The smallest absolute Gasteiger partial charge is 0.200 e. The van der Waals surface area contributed by atoms with E-state index >= 15 is 0 Å². The molecule has 0 amide bonds. The molecular weight excluding hydrogens is 304 g/mol. The van der Waals surface area contributed by atoms with Crippen molar-refractivity contribution in [2.45, 2.75) is 32.3 Å². The topological polar surface area (TPSA) is 79.4 Å². The summed E-state index contributed by atoms with van der Waals surface area (Å²) in [7, 11) is 0. The molecule has 1 saturated heterocycles. The average Bonchev–Trinajstić information content (AvgIpc) is 3.03. The molecule has 3 aromatic rings. The van der Waals surface area contributed by atoms with E-state index in [0.29, 0.717) is 12.8 Å². The molecule has 0 radical (unpaired) electrons. The summed E-state index contributed by atoms with van der Waals surface area (Å²) in [5.41, 5.74) is 3.67. The van der Waals surface area contributed by atoms with Crippen LogP contribution in [-0.2, 0) is 5.60 Å². The summed E-state index contributed by atoms with van der Waals surface area (Å²) < 4.78 is 1.70. The van der Waals surface area contributed by atoms with Gasteiger partial charge in [0.2, 0.25) is 5.65 Å². The van der Waals surface area contributed by atoms with E-state index in [2.05, 4.69) is 25.2 Å². The van der Waals surface area contributed by atoms with Gasteiger partial charge in [-0.25, -0.2) is 0 Å². The molecule has 1 aliphatic rings. The molecule has 4 heterocycles. The number of anilines is 1. The second-order valence-electron chi connectivity index (χ2n) is 6.51. The van der Waals surface area contributed by atoms with E-state index in [1.807, 2.05) is 38.2 Å². The van der Waals surface area contributed by atoms with Crippen molar-refractivity contribution in [2.75, 3.05) is 18.0 Å². The van der Waals surface area contributed by atoms with Crippen molar-refractivity contribution >= 4 is 11.3 Å². The highest BCUT2D eigenvalue weighted by Crippen LogP contribution is 2.34. The number of aryl methyl sites for hydroxylation is 2. The third-order valence-electron chi connectivity index (χ3n) is 4.69. The number of nitrogens with zero attached hydrogens (tertiary/aromatic N) is 6. The highest BCUT2D eigenvalue weighted by molar-refractivity contribution is 5.68. The maximum Gasteiger partial charge on any atom is 0.200 e. The second-order valence-corrected chi connectivity index (χ2v) is 6.51. The fourth-order valence-electron chi connectivity index (χ4n) is 3.28. The Morgan fingerprint density at radius 3 is 2.67 bits per heavy atom. The van der Waals surface area contributed by atoms with Crippen molar-refractivity contribution in [2.24, 2.45) is 0 Å². The minimum absolute atomic E-state index is 0.630. The summed E-state index contributed by atoms with van der Waals surface area (Å²) in [5.74, 6) is 0. The van der Waals surface area contributed by atoms with Gasteiger partial charge >= 0.3 is 0 Å². The number of pyridine rings is 1. The monoisotopic (exact) mass is 324 g/mol. The van der Waals surface area contributed by atoms with Crippen molar-refractivity contribution < 1.29 is 5.11 Å². The molecule has 0 saturated carbocycles. The van der Waals surface area contributed by atoms with Crippen LogP contribution in [0.15, 0.2) is 30.7 Å². The highest BCUT2D eigenvalue weighted by atomic mass is 16.3. The van der Waals surface area contributed by atoms with E-state index in [1.54, 1.807) is 10.8 Å². The predicted molar refractivity (Wildman–Crippen MR) is 89.8 cm³/mol. The number of fused-ring (bicyclic) bond motifs is 1. The van der Waals surface area contributed by atoms with Gasteiger partial charge in [0.05, 0.1) is 17.1 Å². The first kappa shape index (κ1) is 15.0. The number of hydrogen-bond acceptors (Lipinski definition) is 6. The third kappa shape index (κ3) is 2.50. The van der Waals surface area contributed by atoms with Gasteiger partial charge in [0.25, 0.3) is 0 Å². The normalized spacial score (nSPS) is 17.4. The number of rotatable bonds is 2. The lowest BCUT2D eigenvalue weighted by atomic mass is 9.87. The Morgan fingerprint density at radius 1 is 1.17 bits per heavy atom. The molecule has 124 valence electrons. The summed E-state index contributed by atoms with van der Waals surface area (Å²) in [6.45, 7) is 5.43. The minimum Gasteiger partial charge on any atom is -0.383 e. The second kappa shape index (κ2) is 5.52. The van der Waals surface area contributed by atoms with Gasteiger partial charge in [-0.15, -0.1) is 10.2 Å². The number of hydrogen-bond donors (Lipinski definition) is 1. The van der Waals surface area contributed by atoms with Gasteiger partial charge in [0, 0.05) is 19.3 Å². The molecule has 0 spiro atoms. The maximum absolute atomic E-state index is 11.0. The largest absolute Gasteiger partial charge is 0.383 e. The molecule has 0 aliphatic carbocycles. The Balaban J connectivity index is 1.59. The van der Waals surface area contributed by atoms with Crippen LogP contribution in [-0.4, -0.2) is 43.0 Å². The van der Waals surface area contributed by atoms with E-state index < -0.39 is 5.60 Å². The van der Waals surface area contributed by atoms with Crippen LogP contribution in [0.25, 0.3) is 5.65 Å². The van der Waals surface area contributed by atoms with Gasteiger partial charge in [-0.3, -0.25) is 4.98 Å². The molecule has 3 aromatic heterocycles. The summed E-state index contributed by atoms with van der Waals surface area (Å²) in [6.07, 6.45) is 4.68. The van der Waals surface area contributed by atoms with Crippen LogP contribution in [0.5, 0.6) is 0 Å². The fraction of sp³-hybridized carbons (Fsp3) is 0.412. The van der Waals surface area contributed by atoms with Crippen molar-refractivity contribution in [1.29, 1.82) is 0 Å². The lowest BCUT2D eigenvalue weighted by molar-refractivity contribution is 0.00762. The first-order valence-electron chi connectivity index (χ1n) is 8.13. The number of aromatic nitrogens is 5. The van der Waals surface area contributed by atoms with Crippen LogP contribution in [0.3, 0.4) is 0 Å². The van der Waals surface area contributed by atoms with Crippen LogP contribution in [0.1, 0.15) is 29.8 Å². The molecule has 24 heavy (non-hydrogen) atoms. The first-order valence-corrected chi connectivity index (χ1v) is 8.13. The van der Waals surface area contributed by atoms with Crippen molar-refractivity contribution in [1.82, 2.24) is 24.8 Å². The number of aliphatic hydroxyl groups is 1. The summed E-state index contributed by atoms with van der Waals surface area (Å²) in [4.78, 5) is 6.66. The lowest BCUT2D eigenvalue weighted by Gasteiger charge is -2.38. The van der Waals surface area contributed by atoms with Crippen LogP contribution in [0.4, 0.5) is 5.69 Å². The van der Waals surface area contributed by atoms with Gasteiger partial charge in [0.15, 0.2) is 0 Å². The average molecular weight is 324 g/mol. The Morgan fingerprint density at radius 2 is 1.96 bits per heavy atom. The van der Waals surface area contributed by atoms with Gasteiger partial charge < -0.3 is 10.0 Å². The van der Waals surface area contributed by atoms with E-state index in [9.17, 15) is 5.11 Å². The van der Waals surface area contributed by atoms with Gasteiger partial charge in [-0.1, -0.05) is 6.07 Å². The molecule has 0 aromatic carbocycles. The zero-order chi connectivity index (χ0) is 16.7. The van der Waals surface area contributed by atoms with Crippen LogP contribution in [0.2, 0.25) is 0 Å². The van der Waals surface area contributed by atoms with E-state index in [0.717, 1.165) is 41.4 Å².